The smallest absolute Gasteiger partial charge is 0.276 e. The Morgan fingerprint density at radius 3 is 2.40 bits per heavy atom. The molecule has 0 spiro atoms. The standard InChI is InChI=1S/C14H19N3O2S/c1-11-2-4-13(5-3-11)20(18,19)16-15-14-10-17-8-6-12(14)7-9-17/h2-5,12,16H,6-10H2,1H3/p+1/b15-14-. The molecule has 3 heterocycles. The summed E-state index contributed by atoms with van der Waals surface area (Å²) in [7, 11) is -3.54. The maximum Gasteiger partial charge on any atom is 0.276 e. The SMILES string of the molecule is Cc1ccc(S(=O)(=O)N/N=C2/C[NH+]3CCC2CC3)cc1. The number of piperidine rings is 3. The van der Waals surface area contributed by atoms with E-state index >= 15 is 0 Å². The number of hydrogen-bond acceptors (Lipinski definition) is 3. The minimum Gasteiger partial charge on any atom is -0.330 e. The van der Waals surface area contributed by atoms with E-state index in [0.717, 1.165) is 30.7 Å². The van der Waals surface area contributed by atoms with Crippen LogP contribution in [0.15, 0.2) is 34.3 Å². The molecule has 0 amide bonds. The zero-order valence-electron chi connectivity index (χ0n) is 11.6. The molecule has 5 nitrogen and oxygen atoms in total. The topological polar surface area (TPSA) is 63.0 Å². The predicted octanol–water partition coefficient (Wildman–Crippen LogP) is -0.0622. The molecule has 0 unspecified atom stereocenters. The Kier molecular flexibility index (Phi) is 3.52. The third kappa shape index (κ3) is 2.71. The van der Waals surface area contributed by atoms with E-state index in [-0.39, 0.29) is 4.90 Å². The highest BCUT2D eigenvalue weighted by atomic mass is 32.2. The lowest BCUT2D eigenvalue weighted by atomic mass is 9.87. The van der Waals surface area contributed by atoms with E-state index in [4.69, 9.17) is 0 Å². The summed E-state index contributed by atoms with van der Waals surface area (Å²) in [5.41, 5.74) is 2.05. The highest BCUT2D eigenvalue weighted by molar-refractivity contribution is 7.89. The van der Waals surface area contributed by atoms with E-state index in [9.17, 15) is 8.42 Å². The second-order valence-corrected chi connectivity index (χ2v) is 7.37. The molecule has 20 heavy (non-hydrogen) atoms. The van der Waals surface area contributed by atoms with Gasteiger partial charge in [0.2, 0.25) is 0 Å². The molecule has 2 bridgehead atoms. The lowest BCUT2D eigenvalue weighted by Gasteiger charge is -2.36. The summed E-state index contributed by atoms with van der Waals surface area (Å²) in [5.74, 6) is 0.466. The molecule has 0 aromatic heterocycles. The number of nitrogens with one attached hydrogen (secondary N) is 2. The monoisotopic (exact) mass is 294 g/mol. The quantitative estimate of drug-likeness (QED) is 0.767. The molecule has 1 aromatic carbocycles. The molecule has 3 aliphatic rings. The molecule has 0 radical (unpaired) electrons. The molecule has 3 saturated heterocycles. The maximum atomic E-state index is 12.2. The number of rotatable bonds is 3. The van der Waals surface area contributed by atoms with Crippen LogP contribution in [0.5, 0.6) is 0 Å². The van der Waals surface area contributed by atoms with Crippen molar-refractivity contribution >= 4 is 15.7 Å². The Bertz CT molecular complexity index is 614. The van der Waals surface area contributed by atoms with Gasteiger partial charge in [-0.3, -0.25) is 0 Å². The predicted molar refractivity (Wildman–Crippen MR) is 77.2 cm³/mol. The van der Waals surface area contributed by atoms with Crippen molar-refractivity contribution < 1.29 is 13.3 Å². The van der Waals surface area contributed by atoms with Crippen LogP contribution in [-0.2, 0) is 10.0 Å². The van der Waals surface area contributed by atoms with E-state index in [0.29, 0.717) is 5.92 Å². The highest BCUT2D eigenvalue weighted by Gasteiger charge is 2.34. The number of fused-ring (bicyclic) bond motifs is 3. The Hall–Kier alpha value is -1.40. The molecule has 0 saturated carbocycles. The first kappa shape index (κ1) is 13.6. The van der Waals surface area contributed by atoms with Gasteiger partial charge in [-0.15, -0.1) is 0 Å². The van der Waals surface area contributed by atoms with Crippen molar-refractivity contribution in [1.82, 2.24) is 4.83 Å². The molecule has 4 rings (SSSR count). The molecule has 0 atom stereocenters. The van der Waals surface area contributed by atoms with E-state index < -0.39 is 10.0 Å². The summed E-state index contributed by atoms with van der Waals surface area (Å²) in [6.07, 6.45) is 2.25. The van der Waals surface area contributed by atoms with E-state index in [1.54, 1.807) is 24.3 Å². The van der Waals surface area contributed by atoms with Gasteiger partial charge < -0.3 is 4.90 Å². The number of benzene rings is 1. The fourth-order valence-corrected chi connectivity index (χ4v) is 3.79. The minimum atomic E-state index is -3.54. The molecule has 0 aliphatic carbocycles. The van der Waals surface area contributed by atoms with Crippen LogP contribution in [-0.4, -0.2) is 33.8 Å². The average Bonchev–Trinajstić information content (AvgIpc) is 2.47. The fourth-order valence-electron chi connectivity index (χ4n) is 2.96. The first-order valence-electron chi connectivity index (χ1n) is 7.03. The van der Waals surface area contributed by atoms with Gasteiger partial charge in [-0.25, -0.2) is 0 Å². The summed E-state index contributed by atoms with van der Waals surface area (Å²) >= 11 is 0. The first-order chi connectivity index (χ1) is 9.54. The number of hydrazone groups is 1. The summed E-state index contributed by atoms with van der Waals surface area (Å²) < 4.78 is 24.3. The van der Waals surface area contributed by atoms with Crippen LogP contribution < -0.4 is 9.73 Å². The largest absolute Gasteiger partial charge is 0.330 e. The van der Waals surface area contributed by atoms with E-state index in [1.807, 2.05) is 6.92 Å². The van der Waals surface area contributed by atoms with Crippen molar-refractivity contribution in [2.75, 3.05) is 19.6 Å². The second kappa shape index (κ2) is 5.18. The Morgan fingerprint density at radius 1 is 1.20 bits per heavy atom. The zero-order chi connectivity index (χ0) is 14.2. The second-order valence-electron chi connectivity index (χ2n) is 5.71. The number of nitrogens with zero attached hydrogens (tertiary/aromatic N) is 1. The minimum absolute atomic E-state index is 0.265. The zero-order valence-corrected chi connectivity index (χ0v) is 12.4. The van der Waals surface area contributed by atoms with Crippen molar-refractivity contribution in [2.45, 2.75) is 24.7 Å². The van der Waals surface area contributed by atoms with Crippen molar-refractivity contribution in [2.24, 2.45) is 11.0 Å². The van der Waals surface area contributed by atoms with Crippen LogP contribution in [0.25, 0.3) is 0 Å². The number of aryl methyl sites for hydroxylation is 1. The van der Waals surface area contributed by atoms with Crippen molar-refractivity contribution in [3.63, 3.8) is 0 Å². The highest BCUT2D eigenvalue weighted by Crippen LogP contribution is 2.16. The lowest BCUT2D eigenvalue weighted by molar-refractivity contribution is -0.902. The Morgan fingerprint density at radius 2 is 1.85 bits per heavy atom. The van der Waals surface area contributed by atoms with Gasteiger partial charge in [0.25, 0.3) is 10.0 Å². The van der Waals surface area contributed by atoms with Crippen LogP contribution in [0.2, 0.25) is 0 Å². The number of quaternary nitrogens is 1. The number of hydrogen-bond donors (Lipinski definition) is 2. The van der Waals surface area contributed by atoms with Crippen LogP contribution in [0, 0.1) is 12.8 Å². The third-order valence-electron chi connectivity index (χ3n) is 4.24. The molecular weight excluding hydrogens is 274 g/mol. The van der Waals surface area contributed by atoms with Gasteiger partial charge in [0, 0.05) is 18.8 Å². The third-order valence-corrected chi connectivity index (χ3v) is 5.46. The summed E-state index contributed by atoms with van der Waals surface area (Å²) in [5, 5.41) is 4.19. The molecular formula is C14H20N3O2S+. The first-order valence-corrected chi connectivity index (χ1v) is 8.51. The van der Waals surface area contributed by atoms with Gasteiger partial charge >= 0.3 is 0 Å². The molecule has 2 N–H and O–H groups in total. The summed E-state index contributed by atoms with van der Waals surface area (Å²) in [4.78, 5) is 4.18. The molecule has 6 heteroatoms. The normalized spacial score (nSPS) is 27.8. The van der Waals surface area contributed by atoms with Gasteiger partial charge in [0.05, 0.1) is 23.7 Å². The van der Waals surface area contributed by atoms with Gasteiger partial charge in [-0.1, -0.05) is 17.7 Å². The van der Waals surface area contributed by atoms with Crippen molar-refractivity contribution in [3.8, 4) is 0 Å². The summed E-state index contributed by atoms with van der Waals surface area (Å²) in [6.45, 7) is 5.18. The lowest BCUT2D eigenvalue weighted by Crippen LogP contribution is -3.16. The maximum absolute atomic E-state index is 12.2. The molecule has 108 valence electrons. The van der Waals surface area contributed by atoms with Crippen molar-refractivity contribution in [3.05, 3.63) is 29.8 Å². The van der Waals surface area contributed by atoms with E-state index in [1.165, 1.54) is 18.0 Å². The van der Waals surface area contributed by atoms with Crippen LogP contribution in [0.3, 0.4) is 0 Å². The molecule has 3 aliphatic heterocycles. The summed E-state index contributed by atoms with van der Waals surface area (Å²) in [6, 6.07) is 6.81. The molecule has 3 fully saturated rings. The van der Waals surface area contributed by atoms with Crippen LogP contribution >= 0.6 is 0 Å². The fraction of sp³-hybridized carbons (Fsp3) is 0.500. The van der Waals surface area contributed by atoms with Gasteiger partial charge in [-0.05, 0) is 19.1 Å². The van der Waals surface area contributed by atoms with Crippen molar-refractivity contribution in [1.29, 1.82) is 0 Å². The van der Waals surface area contributed by atoms with Crippen LogP contribution in [0.4, 0.5) is 0 Å². The number of sulfonamides is 1. The van der Waals surface area contributed by atoms with Crippen LogP contribution in [0.1, 0.15) is 18.4 Å². The Balaban J connectivity index is 1.75. The Labute approximate surface area is 119 Å². The van der Waals surface area contributed by atoms with Gasteiger partial charge in [-0.2, -0.15) is 18.4 Å². The van der Waals surface area contributed by atoms with E-state index in [2.05, 4.69) is 9.93 Å². The molecule has 1 aromatic rings. The average molecular weight is 294 g/mol. The van der Waals surface area contributed by atoms with Gasteiger partial charge in [0.15, 0.2) is 0 Å². The van der Waals surface area contributed by atoms with Gasteiger partial charge in [0.1, 0.15) is 6.54 Å².